The molecule has 2 aromatic heterocycles. The predicted molar refractivity (Wildman–Crippen MR) is 116 cm³/mol. The van der Waals surface area contributed by atoms with Crippen LogP contribution in [0, 0.1) is 10.6 Å². The van der Waals surface area contributed by atoms with Crippen molar-refractivity contribution in [2.75, 3.05) is 11.9 Å². The van der Waals surface area contributed by atoms with Crippen molar-refractivity contribution in [3.05, 3.63) is 52.5 Å². The molecule has 2 amide bonds. The minimum absolute atomic E-state index is 0.150. The molecule has 152 valence electrons. The van der Waals surface area contributed by atoms with E-state index in [1.807, 2.05) is 24.3 Å². The van der Waals surface area contributed by atoms with Crippen molar-refractivity contribution in [1.29, 1.82) is 0 Å². The van der Waals surface area contributed by atoms with Gasteiger partial charge in [0.05, 0.1) is 26.8 Å². The maximum atomic E-state index is 14.1. The van der Waals surface area contributed by atoms with E-state index in [0.29, 0.717) is 40.3 Å². The molecule has 0 radical (unpaired) electrons. The number of nitrogens with zero attached hydrogens (tertiary/aromatic N) is 2. The molecule has 1 unspecified atom stereocenters. The van der Waals surface area contributed by atoms with Gasteiger partial charge in [-0.15, -0.1) is 0 Å². The monoisotopic (exact) mass is 441 g/mol. The summed E-state index contributed by atoms with van der Waals surface area (Å²) in [7, 11) is 0. The van der Waals surface area contributed by atoms with Gasteiger partial charge in [0.25, 0.3) is 5.91 Å². The highest BCUT2D eigenvalue weighted by Crippen LogP contribution is 2.28. The number of hydrogen-bond donors (Lipinski definition) is 3. The molecule has 30 heavy (non-hydrogen) atoms. The first-order chi connectivity index (χ1) is 14.5. The number of halogens is 1. The molecule has 0 aliphatic carbocycles. The van der Waals surface area contributed by atoms with E-state index in [4.69, 9.17) is 12.2 Å². The quantitative estimate of drug-likeness (QED) is 0.415. The predicted octanol–water partition coefficient (Wildman–Crippen LogP) is 4.22. The summed E-state index contributed by atoms with van der Waals surface area (Å²) in [6.45, 7) is 0.417. The first kappa shape index (κ1) is 18.9. The molecule has 3 heterocycles. The third kappa shape index (κ3) is 3.27. The van der Waals surface area contributed by atoms with Crippen molar-refractivity contribution in [2.24, 2.45) is 0 Å². The van der Waals surface area contributed by atoms with E-state index < -0.39 is 17.8 Å². The largest absolute Gasteiger partial charge is 0.331 e. The highest BCUT2D eigenvalue weighted by Gasteiger charge is 2.36. The average Bonchev–Trinajstić information content (AvgIpc) is 3.43. The van der Waals surface area contributed by atoms with Crippen LogP contribution in [-0.2, 0) is 4.79 Å². The Morgan fingerprint density at radius 1 is 1.27 bits per heavy atom. The summed E-state index contributed by atoms with van der Waals surface area (Å²) >= 11 is 6.45. The maximum Gasteiger partial charge on any atom is 0.256 e. The van der Waals surface area contributed by atoms with Gasteiger partial charge in [0, 0.05) is 6.54 Å². The molecule has 0 saturated carbocycles. The maximum absolute atomic E-state index is 14.1. The number of benzene rings is 2. The van der Waals surface area contributed by atoms with Crippen LogP contribution >= 0.6 is 23.6 Å². The van der Waals surface area contributed by atoms with E-state index in [9.17, 15) is 14.0 Å². The number of para-hydroxylation sites is 1. The SMILES string of the molecule is O=C(Nc1nc2ccccc2s1)C1CCCN1C(=O)c1cc(F)cc2[nH]c(=S)[nH]c12. The number of thiazole rings is 1. The van der Waals surface area contributed by atoms with Gasteiger partial charge in [-0.1, -0.05) is 23.5 Å². The minimum Gasteiger partial charge on any atom is -0.331 e. The number of fused-ring (bicyclic) bond motifs is 2. The molecule has 5 rings (SSSR count). The lowest BCUT2D eigenvalue weighted by Gasteiger charge is -2.23. The molecular formula is C20H16FN5O2S2. The number of rotatable bonds is 3. The van der Waals surface area contributed by atoms with Crippen molar-refractivity contribution < 1.29 is 14.0 Å². The van der Waals surface area contributed by atoms with E-state index >= 15 is 0 Å². The zero-order valence-electron chi connectivity index (χ0n) is 15.6. The standard InChI is InChI=1S/C20H16FN5O2S2/c21-10-8-11(16-13(9-10)22-19(29)24-16)18(28)26-7-3-5-14(26)17(27)25-20-23-12-4-1-2-6-15(12)30-20/h1-2,4,6,8-9,14H,3,5,7H2,(H2,22,24,29)(H,23,25,27). The summed E-state index contributed by atoms with van der Waals surface area (Å²) in [5.41, 5.74) is 1.81. The Morgan fingerprint density at radius 3 is 2.93 bits per heavy atom. The molecular weight excluding hydrogens is 425 g/mol. The molecule has 1 aliphatic rings. The summed E-state index contributed by atoms with van der Waals surface area (Å²) in [5, 5.41) is 3.32. The molecule has 4 aromatic rings. The third-order valence-corrected chi connectivity index (χ3v) is 6.32. The zero-order chi connectivity index (χ0) is 20.8. The number of imidazole rings is 1. The van der Waals surface area contributed by atoms with Crippen LogP contribution in [0.3, 0.4) is 0 Å². The molecule has 1 atom stereocenters. The lowest BCUT2D eigenvalue weighted by atomic mass is 10.1. The lowest BCUT2D eigenvalue weighted by molar-refractivity contribution is -0.119. The van der Waals surface area contributed by atoms with Crippen LogP contribution in [-0.4, -0.2) is 44.3 Å². The van der Waals surface area contributed by atoms with Crippen molar-refractivity contribution in [2.45, 2.75) is 18.9 Å². The summed E-state index contributed by atoms with van der Waals surface area (Å²) < 4.78 is 15.3. The summed E-state index contributed by atoms with van der Waals surface area (Å²) in [4.78, 5) is 37.8. The van der Waals surface area contributed by atoms with Gasteiger partial charge in [-0.25, -0.2) is 9.37 Å². The second-order valence-electron chi connectivity index (χ2n) is 7.09. The number of H-pyrrole nitrogens is 2. The Hall–Kier alpha value is -3.11. The van der Waals surface area contributed by atoms with Crippen LogP contribution in [0.25, 0.3) is 21.3 Å². The fourth-order valence-corrected chi connectivity index (χ4v) is 4.91. The van der Waals surface area contributed by atoms with Gasteiger partial charge >= 0.3 is 0 Å². The van der Waals surface area contributed by atoms with Gasteiger partial charge in [-0.05, 0) is 49.3 Å². The van der Waals surface area contributed by atoms with Gasteiger partial charge < -0.3 is 20.2 Å². The van der Waals surface area contributed by atoms with E-state index in [1.54, 1.807) is 0 Å². The Balaban J connectivity index is 1.42. The Morgan fingerprint density at radius 2 is 2.10 bits per heavy atom. The van der Waals surface area contributed by atoms with Gasteiger partial charge in [-0.2, -0.15) is 0 Å². The number of amides is 2. The van der Waals surface area contributed by atoms with Gasteiger partial charge in [0.1, 0.15) is 11.9 Å². The summed E-state index contributed by atoms with van der Waals surface area (Å²) in [6, 6.07) is 9.41. The molecule has 1 aliphatic heterocycles. The lowest BCUT2D eigenvalue weighted by Crippen LogP contribution is -2.43. The molecule has 7 nitrogen and oxygen atoms in total. The molecule has 2 aromatic carbocycles. The van der Waals surface area contributed by atoms with Crippen LogP contribution in [0.4, 0.5) is 9.52 Å². The molecule has 0 bridgehead atoms. The van der Waals surface area contributed by atoms with E-state index in [1.165, 1.54) is 28.4 Å². The van der Waals surface area contributed by atoms with Crippen molar-refractivity contribution >= 4 is 61.8 Å². The number of carbonyl (C=O) groups excluding carboxylic acids is 2. The number of likely N-dealkylation sites (tertiary alicyclic amines) is 1. The topological polar surface area (TPSA) is 93.9 Å². The van der Waals surface area contributed by atoms with Gasteiger partial charge in [0.2, 0.25) is 5.91 Å². The minimum atomic E-state index is -0.648. The Labute approximate surface area is 178 Å². The Bertz CT molecular complexity index is 1330. The second kappa shape index (κ2) is 7.29. The Kier molecular flexibility index (Phi) is 4.59. The van der Waals surface area contributed by atoms with Crippen LogP contribution in [0.1, 0.15) is 23.2 Å². The number of carbonyl (C=O) groups is 2. The average molecular weight is 442 g/mol. The van der Waals surface area contributed by atoms with Crippen LogP contribution < -0.4 is 5.32 Å². The number of hydrogen-bond acceptors (Lipinski definition) is 5. The third-order valence-electron chi connectivity index (χ3n) is 5.16. The first-order valence-electron chi connectivity index (χ1n) is 9.38. The molecule has 1 saturated heterocycles. The van der Waals surface area contributed by atoms with Crippen LogP contribution in [0.2, 0.25) is 0 Å². The molecule has 3 N–H and O–H groups in total. The van der Waals surface area contributed by atoms with E-state index in [2.05, 4.69) is 20.3 Å². The fraction of sp³-hybridized carbons (Fsp3) is 0.200. The zero-order valence-corrected chi connectivity index (χ0v) is 17.2. The van der Waals surface area contributed by atoms with Crippen molar-refractivity contribution in [3.63, 3.8) is 0 Å². The normalized spacial score (nSPS) is 16.4. The highest BCUT2D eigenvalue weighted by molar-refractivity contribution is 7.71. The highest BCUT2D eigenvalue weighted by atomic mass is 32.1. The van der Waals surface area contributed by atoms with E-state index in [0.717, 1.165) is 10.2 Å². The number of nitrogens with one attached hydrogen (secondary N) is 3. The van der Waals surface area contributed by atoms with E-state index in [-0.39, 0.29) is 11.5 Å². The van der Waals surface area contributed by atoms with Crippen LogP contribution in [0.5, 0.6) is 0 Å². The number of aromatic nitrogens is 3. The molecule has 0 spiro atoms. The number of anilines is 1. The van der Waals surface area contributed by atoms with Crippen molar-refractivity contribution in [1.82, 2.24) is 19.9 Å². The van der Waals surface area contributed by atoms with Crippen molar-refractivity contribution in [3.8, 4) is 0 Å². The summed E-state index contributed by atoms with van der Waals surface area (Å²) in [6.07, 6.45) is 1.22. The van der Waals surface area contributed by atoms with Gasteiger partial charge in [-0.3, -0.25) is 9.59 Å². The van der Waals surface area contributed by atoms with Gasteiger partial charge in [0.15, 0.2) is 9.90 Å². The summed E-state index contributed by atoms with van der Waals surface area (Å²) in [5.74, 6) is -1.26. The number of aromatic amines is 2. The fourth-order valence-electron chi connectivity index (χ4n) is 3.83. The van der Waals surface area contributed by atoms with Crippen LogP contribution in [0.15, 0.2) is 36.4 Å². The molecule has 10 heteroatoms. The first-order valence-corrected chi connectivity index (χ1v) is 10.6. The molecule has 1 fully saturated rings. The second-order valence-corrected chi connectivity index (χ2v) is 8.53. The smallest absolute Gasteiger partial charge is 0.256 e.